The van der Waals surface area contributed by atoms with Crippen molar-refractivity contribution in [1.82, 2.24) is 0 Å². The van der Waals surface area contributed by atoms with E-state index in [1.165, 1.54) is 0 Å². The molecule has 4 heavy (non-hydrogen) atoms. The Hall–Kier alpha value is 1.18. The summed E-state index contributed by atoms with van der Waals surface area (Å²) in [5.41, 5.74) is 0. The van der Waals surface area contributed by atoms with Crippen molar-refractivity contribution >= 4 is 40.7 Å². The van der Waals surface area contributed by atoms with Crippen LogP contribution in [-0.2, 0) is 0 Å². The third-order valence-electron chi connectivity index (χ3n) is 0. The average Bonchev–Trinajstić information content (AvgIpc) is 0.811. The minimum absolute atomic E-state index is 1.29. The maximum absolute atomic E-state index is 4.38. The number of hydrogen-bond donors (Lipinski definition) is 0. The summed E-state index contributed by atoms with van der Waals surface area (Å²) >= 11 is 0. The van der Waals surface area contributed by atoms with Gasteiger partial charge in [-0.05, 0) is 0 Å². The van der Waals surface area contributed by atoms with E-state index >= 15 is 0 Å². The summed E-state index contributed by atoms with van der Waals surface area (Å²) in [6.45, 7) is 0. The fourth-order valence-electron chi connectivity index (χ4n) is 0. The Morgan fingerprint density at radius 2 is 1.00 bits per heavy atom. The number of rotatable bonds is 0. The summed E-state index contributed by atoms with van der Waals surface area (Å²) in [6, 6.07) is 0. The van der Waals surface area contributed by atoms with E-state index in [4.69, 9.17) is 0 Å². The van der Waals surface area contributed by atoms with Crippen LogP contribution in [0.5, 0.6) is 0 Å². The molecule has 0 N–H and O–H groups in total. The molecule has 0 saturated carbocycles. The van der Waals surface area contributed by atoms with Crippen molar-refractivity contribution in [2.75, 3.05) is 0 Å². The van der Waals surface area contributed by atoms with Gasteiger partial charge in [0.15, 0.2) is 0 Å². The first kappa shape index (κ1) is 5.18. The van der Waals surface area contributed by atoms with E-state index in [1.54, 1.807) is 0 Å². The molecule has 0 aliphatic carbocycles. The molecule has 4 heteroatoms. The van der Waals surface area contributed by atoms with Crippen LogP contribution >= 0.6 is 31.7 Å². The van der Waals surface area contributed by atoms with Crippen LogP contribution in [0.3, 0.4) is 0 Å². The van der Waals surface area contributed by atoms with E-state index in [-0.39, 0.29) is 0 Å². The summed E-state index contributed by atoms with van der Waals surface area (Å²) in [6.07, 6.45) is 0. The molecule has 0 radical (unpaired) electrons. The van der Waals surface area contributed by atoms with Gasteiger partial charge in [0.1, 0.15) is 0 Å². The van der Waals surface area contributed by atoms with Crippen LogP contribution < -0.4 is 0 Å². The minimum atomic E-state index is -1.29. The van der Waals surface area contributed by atoms with Gasteiger partial charge in [0.25, 0.3) is 0 Å². The van der Waals surface area contributed by atoms with Crippen LogP contribution in [0.2, 0.25) is 0 Å². The van der Waals surface area contributed by atoms with Crippen molar-refractivity contribution in [2.24, 2.45) is 0 Å². The van der Waals surface area contributed by atoms with Gasteiger partial charge < -0.3 is 0 Å². The molecular weight excluding hydrogens is 175 g/mol. The van der Waals surface area contributed by atoms with E-state index in [9.17, 15) is 0 Å². The third-order valence-corrected chi connectivity index (χ3v) is 0. The molecule has 0 saturated heterocycles. The van der Waals surface area contributed by atoms with Gasteiger partial charge in [-0.1, -0.05) is 0 Å². The summed E-state index contributed by atoms with van der Waals surface area (Å²) in [5, 5.41) is 0. The first-order chi connectivity index (χ1) is 1.73. The van der Waals surface area contributed by atoms with Crippen LogP contribution in [0.25, 0.3) is 0 Å². The van der Waals surface area contributed by atoms with Crippen LogP contribution in [-0.4, -0.2) is 9.01 Å². The molecule has 0 unspecified atom stereocenters. The summed E-state index contributed by atoms with van der Waals surface area (Å²) in [5.74, 6) is 0. The van der Waals surface area contributed by atoms with E-state index < -0.39 is 9.01 Å². The SMILES string of the molecule is S=[Se](=S)=S. The monoisotopic (exact) mass is 176 g/mol. The fourth-order valence-corrected chi connectivity index (χ4v) is 0. The Bertz CT molecular complexity index is 72.7. The van der Waals surface area contributed by atoms with Gasteiger partial charge in [0.2, 0.25) is 0 Å². The van der Waals surface area contributed by atoms with E-state index in [1.807, 2.05) is 0 Å². The maximum atomic E-state index is 4.38. The molecule has 0 fully saturated rings. The summed E-state index contributed by atoms with van der Waals surface area (Å²) in [4.78, 5) is 0. The zero-order valence-corrected chi connectivity index (χ0v) is 5.80. The second-order valence-electron chi connectivity index (χ2n) is 0.204. The van der Waals surface area contributed by atoms with Gasteiger partial charge in [0.05, 0.1) is 0 Å². The molecule has 0 bridgehead atoms. The molecule has 0 aliphatic rings. The fraction of sp³-hybridized carbons (Fsp3) is 0. The zero-order chi connectivity index (χ0) is 3.58. The molecular formula is S3Se. The Morgan fingerprint density at radius 3 is 1.00 bits per heavy atom. The van der Waals surface area contributed by atoms with Gasteiger partial charge in [-0.15, -0.1) is 0 Å². The summed E-state index contributed by atoms with van der Waals surface area (Å²) in [7, 11) is 11.8. The molecule has 0 rings (SSSR count). The predicted molar refractivity (Wildman–Crippen MR) is 28.5 cm³/mol. The topological polar surface area (TPSA) is 0 Å². The van der Waals surface area contributed by atoms with E-state index in [2.05, 4.69) is 31.7 Å². The van der Waals surface area contributed by atoms with Crippen LogP contribution in [0.1, 0.15) is 0 Å². The molecule has 0 amide bonds. The molecule has 0 aromatic rings. The van der Waals surface area contributed by atoms with Crippen molar-refractivity contribution in [3.63, 3.8) is 0 Å². The Labute approximate surface area is 40.7 Å². The van der Waals surface area contributed by atoms with Gasteiger partial charge >= 0.3 is 40.7 Å². The first-order valence-corrected chi connectivity index (χ1v) is 7.79. The molecule has 0 aliphatic heterocycles. The molecule has 24 valence electrons. The average molecular weight is 175 g/mol. The molecule has 0 aromatic heterocycles. The predicted octanol–water partition coefficient (Wildman–Crippen LogP) is 1.56. The first-order valence-electron chi connectivity index (χ1n) is 0.500. The van der Waals surface area contributed by atoms with Crippen molar-refractivity contribution in [3.8, 4) is 0 Å². The Balaban J connectivity index is 4.65. The third kappa shape index (κ3) is 10.9. The second kappa shape index (κ2) is 2.42. The van der Waals surface area contributed by atoms with E-state index in [0.29, 0.717) is 0 Å². The zero-order valence-electron chi connectivity index (χ0n) is 1.63. The standard InChI is InChI=1S/S3Se/c1-4(2)3. The molecule has 0 spiro atoms. The van der Waals surface area contributed by atoms with Crippen LogP contribution in [0.15, 0.2) is 0 Å². The van der Waals surface area contributed by atoms with Gasteiger partial charge in [-0.3, -0.25) is 0 Å². The molecule has 0 aromatic carbocycles. The quantitative estimate of drug-likeness (QED) is 0.513. The Kier molecular flexibility index (Phi) is 3.13. The molecule has 0 heterocycles. The summed E-state index contributed by atoms with van der Waals surface area (Å²) < 4.78 is 0. The van der Waals surface area contributed by atoms with Gasteiger partial charge in [-0.25, -0.2) is 0 Å². The van der Waals surface area contributed by atoms with Crippen molar-refractivity contribution in [2.45, 2.75) is 0 Å². The van der Waals surface area contributed by atoms with Crippen molar-refractivity contribution in [1.29, 1.82) is 0 Å². The normalized spacial score (nSPS) is 6.00. The van der Waals surface area contributed by atoms with Crippen molar-refractivity contribution in [3.05, 3.63) is 0 Å². The van der Waals surface area contributed by atoms with E-state index in [0.717, 1.165) is 0 Å². The van der Waals surface area contributed by atoms with Crippen molar-refractivity contribution < 1.29 is 0 Å². The molecule has 0 atom stereocenters. The van der Waals surface area contributed by atoms with Gasteiger partial charge in [0, 0.05) is 0 Å². The number of hydrogen-bond acceptors (Lipinski definition) is 3. The molecule has 0 nitrogen and oxygen atoms in total. The van der Waals surface area contributed by atoms with Crippen LogP contribution in [0, 0.1) is 0 Å². The van der Waals surface area contributed by atoms with Crippen LogP contribution in [0.4, 0.5) is 0 Å². The van der Waals surface area contributed by atoms with Gasteiger partial charge in [-0.2, -0.15) is 0 Å². The Morgan fingerprint density at radius 1 is 1.00 bits per heavy atom. The second-order valence-corrected chi connectivity index (χ2v) is 9.55.